The van der Waals surface area contributed by atoms with Crippen molar-refractivity contribution in [3.63, 3.8) is 0 Å². The number of nitrogens with one attached hydrogen (secondary N) is 1. The Labute approximate surface area is 172 Å². The van der Waals surface area contributed by atoms with Crippen molar-refractivity contribution < 1.29 is 9.53 Å². The molecule has 4 rings (SSSR count). The Morgan fingerprint density at radius 1 is 1.07 bits per heavy atom. The number of hydrogen-bond acceptors (Lipinski definition) is 6. The van der Waals surface area contributed by atoms with Crippen molar-refractivity contribution >= 4 is 17.4 Å². The molecule has 1 aromatic carbocycles. The van der Waals surface area contributed by atoms with Crippen molar-refractivity contribution in [2.75, 3.05) is 69.7 Å². The first-order chi connectivity index (χ1) is 14.2. The van der Waals surface area contributed by atoms with E-state index in [1.165, 1.54) is 5.56 Å². The minimum absolute atomic E-state index is 0.128. The number of rotatable bonds is 5. The van der Waals surface area contributed by atoms with E-state index in [4.69, 9.17) is 4.74 Å². The van der Waals surface area contributed by atoms with Crippen molar-refractivity contribution in [2.24, 2.45) is 0 Å². The summed E-state index contributed by atoms with van der Waals surface area (Å²) in [5.74, 6) is 0.596. The summed E-state index contributed by atoms with van der Waals surface area (Å²) in [6.45, 7) is 8.07. The summed E-state index contributed by atoms with van der Waals surface area (Å²) in [6.07, 6.45) is 1.73. The van der Waals surface area contributed by atoms with Crippen LogP contribution in [-0.2, 0) is 11.3 Å². The fourth-order valence-electron chi connectivity index (χ4n) is 3.81. The van der Waals surface area contributed by atoms with Gasteiger partial charge in [-0.1, -0.05) is 12.1 Å². The summed E-state index contributed by atoms with van der Waals surface area (Å²) in [4.78, 5) is 24.4. The summed E-state index contributed by atoms with van der Waals surface area (Å²) >= 11 is 0. The third-order valence-corrected chi connectivity index (χ3v) is 5.53. The van der Waals surface area contributed by atoms with Crippen molar-refractivity contribution in [2.45, 2.75) is 6.54 Å². The van der Waals surface area contributed by atoms with E-state index in [1.54, 1.807) is 6.20 Å². The van der Waals surface area contributed by atoms with E-state index in [0.29, 0.717) is 18.8 Å². The number of aromatic nitrogens is 1. The van der Waals surface area contributed by atoms with E-state index in [-0.39, 0.29) is 5.91 Å². The van der Waals surface area contributed by atoms with Gasteiger partial charge in [-0.25, -0.2) is 4.98 Å². The minimum atomic E-state index is -0.128. The van der Waals surface area contributed by atoms with Gasteiger partial charge in [0.1, 0.15) is 5.82 Å². The number of amides is 1. The number of benzene rings is 1. The van der Waals surface area contributed by atoms with Crippen LogP contribution in [0.3, 0.4) is 0 Å². The maximum Gasteiger partial charge on any atom is 0.259 e. The second kappa shape index (κ2) is 9.35. The number of nitrogens with zero attached hydrogens (tertiary/aromatic N) is 4. The summed E-state index contributed by atoms with van der Waals surface area (Å²) in [5, 5.41) is 3.06. The maximum absolute atomic E-state index is 13.0. The third-order valence-electron chi connectivity index (χ3n) is 5.53. The highest BCUT2D eigenvalue weighted by atomic mass is 16.5. The zero-order chi connectivity index (χ0) is 20.1. The van der Waals surface area contributed by atoms with Gasteiger partial charge in [0.15, 0.2) is 0 Å². The molecule has 1 N–H and O–H groups in total. The number of ether oxygens (including phenoxy) is 1. The fourth-order valence-corrected chi connectivity index (χ4v) is 3.81. The Bertz CT molecular complexity index is 829. The number of morpholine rings is 1. The molecule has 1 amide bonds. The summed E-state index contributed by atoms with van der Waals surface area (Å²) in [7, 11) is 2.16. The molecule has 29 heavy (non-hydrogen) atoms. The molecule has 2 aliphatic heterocycles. The van der Waals surface area contributed by atoms with Gasteiger partial charge in [0.25, 0.3) is 5.91 Å². The van der Waals surface area contributed by atoms with Crippen LogP contribution in [-0.4, -0.2) is 80.2 Å². The van der Waals surface area contributed by atoms with Gasteiger partial charge in [-0.15, -0.1) is 0 Å². The molecule has 0 saturated carbocycles. The molecule has 0 spiro atoms. The molecule has 0 unspecified atom stereocenters. The highest BCUT2D eigenvalue weighted by Gasteiger charge is 2.20. The van der Waals surface area contributed by atoms with Crippen molar-refractivity contribution in [3.05, 3.63) is 53.7 Å². The van der Waals surface area contributed by atoms with Crippen LogP contribution in [0.5, 0.6) is 0 Å². The van der Waals surface area contributed by atoms with Gasteiger partial charge in [0.05, 0.1) is 18.8 Å². The largest absolute Gasteiger partial charge is 0.378 e. The first kappa shape index (κ1) is 19.8. The lowest BCUT2D eigenvalue weighted by atomic mass is 10.1. The zero-order valence-corrected chi connectivity index (χ0v) is 17.0. The summed E-state index contributed by atoms with van der Waals surface area (Å²) < 4.78 is 5.42. The van der Waals surface area contributed by atoms with E-state index in [1.807, 2.05) is 24.3 Å². The van der Waals surface area contributed by atoms with E-state index in [2.05, 4.69) is 44.2 Å². The second-order valence-electron chi connectivity index (χ2n) is 7.71. The number of carbonyl (C=O) groups is 1. The topological polar surface area (TPSA) is 60.9 Å². The van der Waals surface area contributed by atoms with Crippen LogP contribution in [0.15, 0.2) is 42.6 Å². The lowest BCUT2D eigenvalue weighted by Gasteiger charge is -2.32. The molecule has 0 radical (unpaired) electrons. The van der Waals surface area contributed by atoms with Crippen LogP contribution < -0.4 is 10.2 Å². The SMILES string of the molecule is CN1CCN(Cc2cccc(NC(=O)c3cccnc3N3CCOCC3)c2)CC1. The maximum atomic E-state index is 13.0. The molecule has 154 valence electrons. The third kappa shape index (κ3) is 5.12. The quantitative estimate of drug-likeness (QED) is 0.835. The molecule has 0 aliphatic carbocycles. The molecule has 7 heteroatoms. The second-order valence-corrected chi connectivity index (χ2v) is 7.71. The number of carbonyl (C=O) groups excluding carboxylic acids is 1. The minimum Gasteiger partial charge on any atom is -0.378 e. The first-order valence-corrected chi connectivity index (χ1v) is 10.3. The molecule has 2 aliphatic rings. The van der Waals surface area contributed by atoms with E-state index in [0.717, 1.165) is 57.3 Å². The average molecular weight is 396 g/mol. The Kier molecular flexibility index (Phi) is 6.39. The Balaban J connectivity index is 1.44. The fraction of sp³-hybridized carbons (Fsp3) is 0.455. The Morgan fingerprint density at radius 3 is 2.66 bits per heavy atom. The highest BCUT2D eigenvalue weighted by molar-refractivity contribution is 6.07. The van der Waals surface area contributed by atoms with Gasteiger partial charge in [-0.2, -0.15) is 0 Å². The molecule has 3 heterocycles. The number of piperazine rings is 1. The normalized spacial score (nSPS) is 18.6. The number of hydrogen-bond donors (Lipinski definition) is 1. The first-order valence-electron chi connectivity index (χ1n) is 10.3. The van der Waals surface area contributed by atoms with Crippen LogP contribution >= 0.6 is 0 Å². The predicted octanol–water partition coefficient (Wildman–Crippen LogP) is 1.92. The molecule has 2 aromatic rings. The Hall–Kier alpha value is -2.48. The predicted molar refractivity (Wildman–Crippen MR) is 114 cm³/mol. The van der Waals surface area contributed by atoms with Crippen molar-refractivity contribution in [1.82, 2.24) is 14.8 Å². The van der Waals surface area contributed by atoms with E-state index < -0.39 is 0 Å². The molecule has 1 aromatic heterocycles. The highest BCUT2D eigenvalue weighted by Crippen LogP contribution is 2.21. The number of pyridine rings is 1. The van der Waals surface area contributed by atoms with Gasteiger partial charge >= 0.3 is 0 Å². The summed E-state index contributed by atoms with van der Waals surface area (Å²) in [6, 6.07) is 11.8. The zero-order valence-electron chi connectivity index (χ0n) is 17.0. The molecular formula is C22H29N5O2. The molecule has 0 bridgehead atoms. The van der Waals surface area contributed by atoms with Crippen LogP contribution in [0.2, 0.25) is 0 Å². The van der Waals surface area contributed by atoms with Gasteiger partial charge < -0.3 is 19.9 Å². The van der Waals surface area contributed by atoms with Gasteiger partial charge in [-0.3, -0.25) is 9.69 Å². The van der Waals surface area contributed by atoms with E-state index >= 15 is 0 Å². The molecular weight excluding hydrogens is 366 g/mol. The molecule has 2 saturated heterocycles. The molecule has 0 atom stereocenters. The standard InChI is InChI=1S/C22H29N5O2/c1-25-8-10-26(11-9-25)17-18-4-2-5-19(16-18)24-22(28)20-6-3-7-23-21(20)27-12-14-29-15-13-27/h2-7,16H,8-15,17H2,1H3,(H,24,28). The molecule has 2 fully saturated rings. The number of anilines is 2. The van der Waals surface area contributed by atoms with Gasteiger partial charge in [0, 0.05) is 57.7 Å². The van der Waals surface area contributed by atoms with Gasteiger partial charge in [-0.05, 0) is 36.9 Å². The molecule has 7 nitrogen and oxygen atoms in total. The van der Waals surface area contributed by atoms with Crippen LogP contribution in [0.1, 0.15) is 15.9 Å². The van der Waals surface area contributed by atoms with Gasteiger partial charge in [0.2, 0.25) is 0 Å². The van der Waals surface area contributed by atoms with Crippen LogP contribution in [0, 0.1) is 0 Å². The average Bonchev–Trinajstić information content (AvgIpc) is 2.76. The summed E-state index contributed by atoms with van der Waals surface area (Å²) in [5.41, 5.74) is 2.63. The monoisotopic (exact) mass is 395 g/mol. The van der Waals surface area contributed by atoms with Crippen LogP contribution in [0.4, 0.5) is 11.5 Å². The lowest BCUT2D eigenvalue weighted by Crippen LogP contribution is -2.43. The van der Waals surface area contributed by atoms with Crippen molar-refractivity contribution in [3.8, 4) is 0 Å². The van der Waals surface area contributed by atoms with E-state index in [9.17, 15) is 4.79 Å². The smallest absolute Gasteiger partial charge is 0.259 e. The lowest BCUT2D eigenvalue weighted by molar-refractivity contribution is 0.102. The number of likely N-dealkylation sites (N-methyl/N-ethyl adjacent to an activating group) is 1. The van der Waals surface area contributed by atoms with Crippen LogP contribution in [0.25, 0.3) is 0 Å². The van der Waals surface area contributed by atoms with Crippen molar-refractivity contribution in [1.29, 1.82) is 0 Å². The Morgan fingerprint density at radius 2 is 1.86 bits per heavy atom.